The number of carbonyl (C=O) groups excluding carboxylic acids is 3. The van der Waals surface area contributed by atoms with E-state index in [-0.39, 0.29) is 30.7 Å². The van der Waals surface area contributed by atoms with Gasteiger partial charge in [-0.3, -0.25) is 9.59 Å². The SMILES string of the molecule is CCCC(=O)N1CCC[C@H]1c1ncc(-c2ccc(-c3ncc(-c4c[nH]c(CC(CCN)C(=O)[C@@H](NC(=O)OC)[C@@H](C)OC)n4)cn3)cc2F)[nH]1. The Morgan fingerprint density at radius 1 is 1.14 bits per heavy atom. The van der Waals surface area contributed by atoms with Gasteiger partial charge in [-0.05, 0) is 51.3 Å². The third-order valence-electron chi connectivity index (χ3n) is 9.01. The Kier molecular flexibility index (Phi) is 12.0. The molecule has 5 N–H and O–H groups in total. The molecule has 0 radical (unpaired) electrons. The lowest BCUT2D eigenvalue weighted by Gasteiger charge is -2.26. The molecule has 4 heterocycles. The number of Topliss-reactive ketones (excluding diaryl/α,β-unsaturated/α-hetero) is 1. The van der Waals surface area contributed by atoms with E-state index in [9.17, 15) is 14.4 Å². The third kappa shape index (κ3) is 8.22. The van der Waals surface area contributed by atoms with Crippen molar-refractivity contribution in [3.63, 3.8) is 0 Å². The summed E-state index contributed by atoms with van der Waals surface area (Å²) in [6.07, 6.45) is 8.79. The van der Waals surface area contributed by atoms with Crippen LogP contribution in [0.4, 0.5) is 9.18 Å². The molecule has 50 heavy (non-hydrogen) atoms. The number of methoxy groups -OCH3 is 2. The first-order chi connectivity index (χ1) is 24.2. The highest BCUT2D eigenvalue weighted by molar-refractivity contribution is 5.90. The van der Waals surface area contributed by atoms with Crippen molar-refractivity contribution in [1.82, 2.24) is 40.1 Å². The number of hydrogen-bond donors (Lipinski definition) is 4. The number of likely N-dealkylation sites (tertiary alicyclic amines) is 1. The van der Waals surface area contributed by atoms with Crippen LogP contribution >= 0.6 is 0 Å². The normalized spacial score (nSPS) is 16.2. The summed E-state index contributed by atoms with van der Waals surface area (Å²) < 4.78 is 25.4. The summed E-state index contributed by atoms with van der Waals surface area (Å²) in [6.45, 7) is 4.63. The van der Waals surface area contributed by atoms with E-state index in [0.29, 0.717) is 64.9 Å². The second-order valence-electron chi connectivity index (χ2n) is 12.3. The Bertz CT molecular complexity index is 1780. The highest BCUT2D eigenvalue weighted by atomic mass is 19.1. The van der Waals surface area contributed by atoms with E-state index in [4.69, 9.17) is 10.5 Å². The standard InChI is InChI=1S/C35H44FN9O5/c1-5-7-30(46)45-13-6-8-28(45)34-41-19-27(43-34)24-10-9-22(14-25(24)36)33-39-16-23(17-40-33)26-18-38-29(42-26)15-21(11-12-37)32(47)31(20(2)49-3)44-35(48)50-4/h9-10,14,16-21,28,31H,5-8,11-13,15,37H2,1-4H3,(H,38,42)(H,41,43)(H,44,48)/t20-,21?,28+,31+/m1/s1. The monoisotopic (exact) mass is 689 g/mol. The highest BCUT2D eigenvalue weighted by Gasteiger charge is 2.34. The predicted molar refractivity (Wildman–Crippen MR) is 183 cm³/mol. The summed E-state index contributed by atoms with van der Waals surface area (Å²) in [5.74, 6) is 0.406. The van der Waals surface area contributed by atoms with E-state index in [1.54, 1.807) is 43.8 Å². The molecule has 4 aromatic rings. The highest BCUT2D eigenvalue weighted by Crippen LogP contribution is 2.33. The van der Waals surface area contributed by atoms with Crippen LogP contribution in [0.5, 0.6) is 0 Å². The van der Waals surface area contributed by atoms with Crippen molar-refractivity contribution < 1.29 is 28.2 Å². The van der Waals surface area contributed by atoms with Gasteiger partial charge in [0.15, 0.2) is 11.6 Å². The molecule has 15 heteroatoms. The smallest absolute Gasteiger partial charge is 0.407 e. The van der Waals surface area contributed by atoms with Gasteiger partial charge in [0.25, 0.3) is 0 Å². The molecule has 3 aromatic heterocycles. The summed E-state index contributed by atoms with van der Waals surface area (Å²) in [7, 11) is 2.68. The summed E-state index contributed by atoms with van der Waals surface area (Å²) in [4.78, 5) is 64.2. The first-order valence-electron chi connectivity index (χ1n) is 16.8. The lowest BCUT2D eigenvalue weighted by atomic mass is 9.89. The van der Waals surface area contributed by atoms with E-state index in [1.807, 2.05) is 11.8 Å². The molecule has 0 saturated carbocycles. The fourth-order valence-electron chi connectivity index (χ4n) is 6.22. The van der Waals surface area contributed by atoms with Crippen LogP contribution in [0, 0.1) is 11.7 Å². The van der Waals surface area contributed by atoms with Crippen molar-refractivity contribution in [2.45, 2.75) is 70.6 Å². The number of imidazole rings is 2. The molecule has 0 spiro atoms. The van der Waals surface area contributed by atoms with Gasteiger partial charge in [0.05, 0.1) is 36.8 Å². The molecule has 266 valence electrons. The van der Waals surface area contributed by atoms with Crippen molar-refractivity contribution >= 4 is 17.8 Å². The van der Waals surface area contributed by atoms with E-state index >= 15 is 4.39 Å². The second kappa shape index (κ2) is 16.6. The van der Waals surface area contributed by atoms with Crippen molar-refractivity contribution in [3.8, 4) is 33.9 Å². The molecule has 0 bridgehead atoms. The summed E-state index contributed by atoms with van der Waals surface area (Å²) in [6, 6.07) is 3.72. The van der Waals surface area contributed by atoms with Gasteiger partial charge in [-0.2, -0.15) is 0 Å². The van der Waals surface area contributed by atoms with Crippen LogP contribution in [-0.4, -0.2) is 92.0 Å². The Morgan fingerprint density at radius 3 is 2.60 bits per heavy atom. The molecule has 1 aromatic carbocycles. The molecule has 1 fully saturated rings. The number of H-pyrrole nitrogens is 2. The number of benzene rings is 1. The molecule has 2 amide bonds. The molecule has 1 unspecified atom stereocenters. The van der Waals surface area contributed by atoms with Crippen LogP contribution in [0.3, 0.4) is 0 Å². The van der Waals surface area contributed by atoms with E-state index < -0.39 is 30.0 Å². The number of nitrogens with two attached hydrogens (primary N) is 1. The number of nitrogens with one attached hydrogen (secondary N) is 3. The Morgan fingerprint density at radius 2 is 1.92 bits per heavy atom. The number of amides is 2. The Balaban J connectivity index is 1.26. The van der Waals surface area contributed by atoms with Crippen LogP contribution in [0.15, 0.2) is 43.0 Å². The summed E-state index contributed by atoms with van der Waals surface area (Å²) >= 11 is 0. The zero-order valence-electron chi connectivity index (χ0n) is 28.7. The minimum absolute atomic E-state index is 0.114. The van der Waals surface area contributed by atoms with Gasteiger partial charge in [0.2, 0.25) is 5.91 Å². The fourth-order valence-corrected chi connectivity index (χ4v) is 6.22. The number of aromatic nitrogens is 6. The largest absolute Gasteiger partial charge is 0.453 e. The topological polar surface area (TPSA) is 194 Å². The van der Waals surface area contributed by atoms with Crippen molar-refractivity contribution in [2.24, 2.45) is 11.7 Å². The molecular weight excluding hydrogens is 645 g/mol. The van der Waals surface area contributed by atoms with E-state index in [1.165, 1.54) is 20.3 Å². The summed E-state index contributed by atoms with van der Waals surface area (Å²) in [5, 5.41) is 2.56. The molecule has 1 saturated heterocycles. The zero-order chi connectivity index (χ0) is 35.8. The molecule has 1 aliphatic rings. The van der Waals surface area contributed by atoms with Crippen molar-refractivity contribution in [3.05, 3.63) is 60.5 Å². The first-order valence-corrected chi connectivity index (χ1v) is 16.8. The number of hydrogen-bond acceptors (Lipinski definition) is 10. The second-order valence-corrected chi connectivity index (χ2v) is 12.3. The molecule has 1 aliphatic heterocycles. The van der Waals surface area contributed by atoms with Gasteiger partial charge in [0.1, 0.15) is 23.5 Å². The minimum Gasteiger partial charge on any atom is -0.453 e. The van der Waals surface area contributed by atoms with Crippen LogP contribution < -0.4 is 11.1 Å². The number of carbonyl (C=O) groups is 3. The Labute approximate surface area is 289 Å². The van der Waals surface area contributed by atoms with Crippen molar-refractivity contribution in [2.75, 3.05) is 27.3 Å². The number of rotatable bonds is 15. The van der Waals surface area contributed by atoms with Crippen LogP contribution in [0.2, 0.25) is 0 Å². The quantitative estimate of drug-likeness (QED) is 0.139. The predicted octanol–water partition coefficient (Wildman–Crippen LogP) is 4.36. The number of alkyl carbamates (subject to hydrolysis) is 1. The maximum Gasteiger partial charge on any atom is 0.407 e. The number of ether oxygens (including phenoxy) is 2. The lowest BCUT2D eigenvalue weighted by molar-refractivity contribution is -0.132. The van der Waals surface area contributed by atoms with Gasteiger partial charge in [-0.15, -0.1) is 0 Å². The number of nitrogens with zero attached hydrogens (tertiary/aromatic N) is 5. The number of ketones is 1. The Hall–Kier alpha value is -5.02. The fraction of sp³-hybridized carbons (Fsp3) is 0.457. The zero-order valence-corrected chi connectivity index (χ0v) is 28.7. The van der Waals surface area contributed by atoms with E-state index in [2.05, 4.69) is 40.0 Å². The van der Waals surface area contributed by atoms with Crippen LogP contribution in [-0.2, 0) is 25.5 Å². The first kappa shape index (κ1) is 36.3. The van der Waals surface area contributed by atoms with Crippen molar-refractivity contribution in [1.29, 1.82) is 0 Å². The maximum atomic E-state index is 15.4. The van der Waals surface area contributed by atoms with Gasteiger partial charge in [0, 0.05) is 67.7 Å². The average molecular weight is 690 g/mol. The van der Waals surface area contributed by atoms with E-state index in [0.717, 1.165) is 19.3 Å². The maximum absolute atomic E-state index is 15.4. The molecule has 5 rings (SSSR count). The number of halogens is 1. The average Bonchev–Trinajstić information content (AvgIpc) is 3.91. The van der Waals surface area contributed by atoms with Gasteiger partial charge < -0.3 is 35.4 Å². The molecule has 4 atom stereocenters. The molecule has 14 nitrogen and oxygen atoms in total. The molecular formula is C35H44FN9O5. The van der Waals surface area contributed by atoms with Gasteiger partial charge >= 0.3 is 6.09 Å². The van der Waals surface area contributed by atoms with Gasteiger partial charge in [-0.1, -0.05) is 13.0 Å². The van der Waals surface area contributed by atoms with Crippen LogP contribution in [0.25, 0.3) is 33.9 Å². The lowest BCUT2D eigenvalue weighted by Crippen LogP contribution is -2.51. The number of aromatic amines is 2. The molecule has 0 aliphatic carbocycles. The minimum atomic E-state index is -0.930. The van der Waals surface area contributed by atoms with Gasteiger partial charge in [-0.25, -0.2) is 29.1 Å². The summed E-state index contributed by atoms with van der Waals surface area (Å²) in [5.41, 5.74) is 8.39. The van der Waals surface area contributed by atoms with Crippen LogP contribution in [0.1, 0.15) is 63.6 Å². The third-order valence-corrected chi connectivity index (χ3v) is 9.01.